The Balaban J connectivity index is 2.50. The van der Waals surface area contributed by atoms with Crippen LogP contribution in [0.2, 0.25) is 5.02 Å². The highest BCUT2D eigenvalue weighted by molar-refractivity contribution is 6.34. The first-order valence-corrected chi connectivity index (χ1v) is 11.2. The number of nitrogens with zero attached hydrogens (tertiary/aromatic N) is 2. The first kappa shape index (κ1) is 25.9. The Kier molecular flexibility index (Phi) is 8.99. The molecule has 9 heteroatoms. The summed E-state index contributed by atoms with van der Waals surface area (Å²) in [5.74, 6) is -2.06. The highest BCUT2D eigenvalue weighted by atomic mass is 35.5. The summed E-state index contributed by atoms with van der Waals surface area (Å²) in [5, 5.41) is 5.40. The first-order valence-electron chi connectivity index (χ1n) is 10.8. The van der Waals surface area contributed by atoms with Gasteiger partial charge in [0.1, 0.15) is 0 Å². The molecule has 0 fully saturated rings. The van der Waals surface area contributed by atoms with Gasteiger partial charge < -0.3 is 11.1 Å². The Labute approximate surface area is 198 Å². The molecule has 0 spiro atoms. The molecule has 0 radical (unpaired) electrons. The van der Waals surface area contributed by atoms with Crippen molar-refractivity contribution in [3.8, 4) is 0 Å². The fraction of sp³-hybridized carbons (Fsp3) is 0.333. The number of hydrogen-bond donors (Lipinski definition) is 2. The predicted octanol–water partition coefficient (Wildman–Crippen LogP) is 3.51. The second-order valence-electron chi connectivity index (χ2n) is 7.39. The fourth-order valence-corrected chi connectivity index (χ4v) is 3.62. The number of carbonyl (C=O) groups is 4. The van der Waals surface area contributed by atoms with Gasteiger partial charge in [0.15, 0.2) is 0 Å². The molecule has 0 heterocycles. The first-order chi connectivity index (χ1) is 15.7. The third-order valence-electron chi connectivity index (χ3n) is 5.23. The van der Waals surface area contributed by atoms with E-state index in [1.807, 2.05) is 13.8 Å². The maximum absolute atomic E-state index is 13.6. The predicted molar refractivity (Wildman–Crippen MR) is 127 cm³/mol. The smallest absolute Gasteiger partial charge is 0.274 e. The van der Waals surface area contributed by atoms with E-state index in [0.29, 0.717) is 18.5 Å². The van der Waals surface area contributed by atoms with Crippen molar-refractivity contribution in [2.75, 3.05) is 13.1 Å². The molecule has 1 atom stereocenters. The van der Waals surface area contributed by atoms with Crippen molar-refractivity contribution < 1.29 is 19.2 Å². The highest BCUT2D eigenvalue weighted by Crippen LogP contribution is 2.24. The number of carbonyl (C=O) groups excluding carboxylic acids is 4. The molecule has 2 aromatic rings. The number of benzene rings is 2. The van der Waals surface area contributed by atoms with Gasteiger partial charge in [0.2, 0.25) is 5.91 Å². The molecule has 8 nitrogen and oxygen atoms in total. The molecular weight excluding hydrogens is 444 g/mol. The van der Waals surface area contributed by atoms with Gasteiger partial charge in [-0.2, -0.15) is 0 Å². The minimum Gasteiger partial charge on any atom is -0.366 e. The lowest BCUT2D eigenvalue weighted by atomic mass is 10.1. The average molecular weight is 473 g/mol. The summed E-state index contributed by atoms with van der Waals surface area (Å²) in [6.45, 7) is 7.85. The van der Waals surface area contributed by atoms with Crippen molar-refractivity contribution in [1.82, 2.24) is 15.3 Å². The summed E-state index contributed by atoms with van der Waals surface area (Å²) in [5.41, 5.74) is 6.10. The lowest BCUT2D eigenvalue weighted by Crippen LogP contribution is -2.54. The summed E-state index contributed by atoms with van der Waals surface area (Å²) in [6.07, 6.45) is 0.557. The van der Waals surface area contributed by atoms with Crippen molar-refractivity contribution in [1.29, 1.82) is 0 Å². The van der Waals surface area contributed by atoms with Gasteiger partial charge in [-0.25, -0.2) is 10.0 Å². The van der Waals surface area contributed by atoms with Gasteiger partial charge in [-0.15, -0.1) is 0 Å². The number of nitrogens with two attached hydrogens (primary N) is 1. The standard InChI is InChI=1S/C24H29ClN4O4/c1-5-15(4)29(24(33)19-13-12-16(14-20(19)25)22(31)27-6-2)28(7-3)23(32)18-11-9-8-10-17(18)21(26)30/h8-15H,5-7H2,1-4H3,(H2,26,30)(H,27,31). The van der Waals surface area contributed by atoms with E-state index in [0.717, 1.165) is 0 Å². The molecular formula is C24H29ClN4O4. The summed E-state index contributed by atoms with van der Waals surface area (Å²) in [6, 6.07) is 10.3. The van der Waals surface area contributed by atoms with Gasteiger partial charge in [0.25, 0.3) is 17.7 Å². The number of nitrogens with one attached hydrogen (secondary N) is 1. The Bertz CT molecular complexity index is 1060. The van der Waals surface area contributed by atoms with E-state index in [9.17, 15) is 19.2 Å². The Morgan fingerprint density at radius 3 is 2.12 bits per heavy atom. The zero-order chi connectivity index (χ0) is 24.7. The van der Waals surface area contributed by atoms with Crippen LogP contribution in [0, 0.1) is 0 Å². The molecule has 0 aliphatic carbocycles. The second-order valence-corrected chi connectivity index (χ2v) is 7.80. The van der Waals surface area contributed by atoms with Crippen LogP contribution in [0.3, 0.4) is 0 Å². The van der Waals surface area contributed by atoms with Crippen molar-refractivity contribution >= 4 is 35.2 Å². The number of halogens is 1. The normalized spacial score (nSPS) is 11.4. The summed E-state index contributed by atoms with van der Waals surface area (Å²) in [4.78, 5) is 51.0. The van der Waals surface area contributed by atoms with Gasteiger partial charge in [0.05, 0.1) is 27.8 Å². The SMILES string of the molecule is CCNC(=O)c1ccc(C(=O)N(C(C)CC)N(CC)C(=O)c2ccccc2C(N)=O)c(Cl)c1. The molecule has 0 aliphatic heterocycles. The van der Waals surface area contributed by atoms with Gasteiger partial charge in [-0.1, -0.05) is 30.7 Å². The van der Waals surface area contributed by atoms with E-state index >= 15 is 0 Å². The topological polar surface area (TPSA) is 113 Å². The van der Waals surface area contributed by atoms with Crippen molar-refractivity contribution in [3.05, 3.63) is 69.7 Å². The number of primary amides is 1. The number of hydrazine groups is 1. The van der Waals surface area contributed by atoms with Crippen molar-refractivity contribution in [2.24, 2.45) is 5.73 Å². The molecule has 0 aliphatic rings. The van der Waals surface area contributed by atoms with E-state index < -0.39 is 17.7 Å². The molecule has 3 N–H and O–H groups in total. The Morgan fingerprint density at radius 1 is 0.970 bits per heavy atom. The maximum Gasteiger partial charge on any atom is 0.274 e. The number of amides is 4. The summed E-state index contributed by atoms with van der Waals surface area (Å²) >= 11 is 6.38. The van der Waals surface area contributed by atoms with Crippen LogP contribution < -0.4 is 11.1 Å². The minimum atomic E-state index is -0.736. The van der Waals surface area contributed by atoms with Gasteiger partial charge >= 0.3 is 0 Å². The zero-order valence-electron chi connectivity index (χ0n) is 19.2. The van der Waals surface area contributed by atoms with Crippen LogP contribution in [-0.4, -0.2) is 52.8 Å². The summed E-state index contributed by atoms with van der Waals surface area (Å²) in [7, 11) is 0. The van der Waals surface area contributed by atoms with E-state index in [4.69, 9.17) is 17.3 Å². The van der Waals surface area contributed by atoms with E-state index in [1.165, 1.54) is 40.3 Å². The maximum atomic E-state index is 13.6. The molecule has 2 aromatic carbocycles. The van der Waals surface area contributed by atoms with E-state index in [2.05, 4.69) is 5.32 Å². The quantitative estimate of drug-likeness (QED) is 0.572. The van der Waals surface area contributed by atoms with Crippen molar-refractivity contribution in [2.45, 2.75) is 40.2 Å². The van der Waals surface area contributed by atoms with Crippen LogP contribution in [0.4, 0.5) is 0 Å². The molecule has 0 saturated heterocycles. The Hall–Kier alpha value is -3.39. The minimum absolute atomic E-state index is 0.0711. The van der Waals surface area contributed by atoms with Crippen molar-refractivity contribution in [3.63, 3.8) is 0 Å². The van der Waals surface area contributed by atoms with Crippen LogP contribution in [0.15, 0.2) is 42.5 Å². The van der Waals surface area contributed by atoms with Crippen LogP contribution in [0.1, 0.15) is 75.5 Å². The lowest BCUT2D eigenvalue weighted by Gasteiger charge is -2.38. The third-order valence-corrected chi connectivity index (χ3v) is 5.55. The highest BCUT2D eigenvalue weighted by Gasteiger charge is 2.32. The molecule has 4 amide bonds. The fourth-order valence-electron chi connectivity index (χ4n) is 3.35. The van der Waals surface area contributed by atoms with Crippen LogP contribution >= 0.6 is 11.6 Å². The molecule has 176 valence electrons. The molecule has 0 bridgehead atoms. The number of rotatable bonds is 8. The van der Waals surface area contributed by atoms with Crippen LogP contribution in [0.25, 0.3) is 0 Å². The van der Waals surface area contributed by atoms with Crippen LogP contribution in [0.5, 0.6) is 0 Å². The summed E-state index contributed by atoms with van der Waals surface area (Å²) < 4.78 is 0. The lowest BCUT2D eigenvalue weighted by molar-refractivity contribution is -0.0187. The Morgan fingerprint density at radius 2 is 1.61 bits per heavy atom. The molecule has 33 heavy (non-hydrogen) atoms. The zero-order valence-corrected chi connectivity index (χ0v) is 20.0. The monoisotopic (exact) mass is 472 g/mol. The van der Waals surface area contributed by atoms with E-state index in [-0.39, 0.29) is 40.2 Å². The molecule has 0 aromatic heterocycles. The molecule has 0 saturated carbocycles. The number of hydrogen-bond acceptors (Lipinski definition) is 4. The van der Waals surface area contributed by atoms with E-state index in [1.54, 1.807) is 26.0 Å². The molecule has 1 unspecified atom stereocenters. The van der Waals surface area contributed by atoms with Gasteiger partial charge in [-0.05, 0) is 57.5 Å². The second kappa shape index (κ2) is 11.5. The molecule has 2 rings (SSSR count). The van der Waals surface area contributed by atoms with Crippen LogP contribution in [-0.2, 0) is 0 Å². The average Bonchev–Trinajstić information content (AvgIpc) is 2.81. The van der Waals surface area contributed by atoms with Gasteiger partial charge in [0, 0.05) is 18.7 Å². The largest absolute Gasteiger partial charge is 0.366 e. The van der Waals surface area contributed by atoms with Gasteiger partial charge in [-0.3, -0.25) is 19.2 Å². The third kappa shape index (κ3) is 5.70.